The highest BCUT2D eigenvalue weighted by molar-refractivity contribution is 5.92. The van der Waals surface area contributed by atoms with E-state index in [0.717, 1.165) is 6.42 Å². The van der Waals surface area contributed by atoms with Gasteiger partial charge in [-0.1, -0.05) is 86.2 Å². The third-order valence-electron chi connectivity index (χ3n) is 6.11. The summed E-state index contributed by atoms with van der Waals surface area (Å²) in [6.45, 7) is 4.83. The van der Waals surface area contributed by atoms with Crippen molar-refractivity contribution in [2.24, 2.45) is 5.41 Å². The van der Waals surface area contributed by atoms with Crippen molar-refractivity contribution in [2.75, 3.05) is 0 Å². The molecule has 0 heteroatoms. The van der Waals surface area contributed by atoms with Crippen molar-refractivity contribution in [3.05, 3.63) is 95.6 Å². The summed E-state index contributed by atoms with van der Waals surface area (Å²) in [7, 11) is 0. The molecule has 2 aliphatic rings. The van der Waals surface area contributed by atoms with Gasteiger partial charge in [-0.25, -0.2) is 0 Å². The standard InChI is InChI=1S/C25H22/c1-25(2,19-11-5-6-12-19)24-21-14-8-7-13-20(21)22-15-17-9-3-4-10-18(17)16-23(22)24/h3-11,13-16,24H,12H2,1-2H3. The van der Waals surface area contributed by atoms with E-state index in [2.05, 4.69) is 92.7 Å². The molecular formula is C25H22. The highest BCUT2D eigenvalue weighted by atomic mass is 14.4. The second-order valence-corrected chi connectivity index (χ2v) is 7.85. The first-order valence-corrected chi connectivity index (χ1v) is 9.14. The molecule has 122 valence electrons. The summed E-state index contributed by atoms with van der Waals surface area (Å²) in [6.07, 6.45) is 7.88. The zero-order chi connectivity index (χ0) is 17.0. The quantitative estimate of drug-likeness (QED) is 0.483. The molecular weight excluding hydrogens is 300 g/mol. The Morgan fingerprint density at radius 2 is 1.52 bits per heavy atom. The summed E-state index contributed by atoms with van der Waals surface area (Å²) in [5.74, 6) is 0.412. The van der Waals surface area contributed by atoms with Gasteiger partial charge in [-0.3, -0.25) is 0 Å². The Kier molecular flexibility index (Phi) is 3.06. The molecule has 1 atom stereocenters. The zero-order valence-corrected chi connectivity index (χ0v) is 14.8. The fourth-order valence-electron chi connectivity index (χ4n) is 4.78. The SMILES string of the molecule is CC(C)(C1=CC=CC1)C1c2ccccc2-c2cc3ccccc3cc21. The van der Waals surface area contributed by atoms with Crippen LogP contribution in [0, 0.1) is 5.41 Å². The minimum absolute atomic E-state index is 0.104. The van der Waals surface area contributed by atoms with Gasteiger partial charge in [-0.05, 0) is 57.0 Å². The van der Waals surface area contributed by atoms with Crippen molar-refractivity contribution in [1.82, 2.24) is 0 Å². The van der Waals surface area contributed by atoms with Gasteiger partial charge in [-0.2, -0.15) is 0 Å². The number of hydrogen-bond donors (Lipinski definition) is 0. The molecule has 0 amide bonds. The minimum atomic E-state index is 0.104. The van der Waals surface area contributed by atoms with E-state index in [0.29, 0.717) is 5.92 Å². The van der Waals surface area contributed by atoms with Crippen molar-refractivity contribution in [2.45, 2.75) is 26.2 Å². The van der Waals surface area contributed by atoms with Crippen molar-refractivity contribution < 1.29 is 0 Å². The molecule has 0 spiro atoms. The Balaban J connectivity index is 1.79. The minimum Gasteiger partial charge on any atom is -0.0804 e. The third-order valence-corrected chi connectivity index (χ3v) is 6.11. The predicted octanol–water partition coefficient (Wildman–Crippen LogP) is 6.86. The first-order chi connectivity index (χ1) is 12.2. The van der Waals surface area contributed by atoms with Gasteiger partial charge in [0.1, 0.15) is 0 Å². The number of allylic oxidation sites excluding steroid dienone is 4. The zero-order valence-electron chi connectivity index (χ0n) is 14.8. The molecule has 0 nitrogen and oxygen atoms in total. The normalized spacial score (nSPS) is 18.3. The molecule has 0 N–H and O–H groups in total. The fraction of sp³-hybridized carbons (Fsp3) is 0.200. The molecule has 1 unspecified atom stereocenters. The van der Waals surface area contributed by atoms with Crippen LogP contribution in [0.4, 0.5) is 0 Å². The average Bonchev–Trinajstić information content (AvgIpc) is 3.27. The fourth-order valence-corrected chi connectivity index (χ4v) is 4.78. The lowest BCUT2D eigenvalue weighted by molar-refractivity contribution is 0.388. The summed E-state index contributed by atoms with van der Waals surface area (Å²) in [5.41, 5.74) is 7.43. The average molecular weight is 322 g/mol. The lowest BCUT2D eigenvalue weighted by Crippen LogP contribution is -2.23. The molecule has 0 aliphatic heterocycles. The lowest BCUT2D eigenvalue weighted by atomic mass is 9.68. The Morgan fingerprint density at radius 1 is 0.800 bits per heavy atom. The maximum atomic E-state index is 2.43. The molecule has 2 aliphatic carbocycles. The number of hydrogen-bond acceptors (Lipinski definition) is 0. The van der Waals surface area contributed by atoms with Gasteiger partial charge in [-0.15, -0.1) is 0 Å². The number of benzene rings is 3. The van der Waals surface area contributed by atoms with Crippen LogP contribution in [0.3, 0.4) is 0 Å². The Bertz CT molecular complexity index is 1050. The third kappa shape index (κ3) is 2.07. The molecule has 3 aromatic carbocycles. The van der Waals surface area contributed by atoms with Gasteiger partial charge < -0.3 is 0 Å². The van der Waals surface area contributed by atoms with Gasteiger partial charge in [0, 0.05) is 5.92 Å². The highest BCUT2D eigenvalue weighted by Gasteiger charge is 2.41. The van der Waals surface area contributed by atoms with Crippen molar-refractivity contribution >= 4 is 10.8 Å². The maximum absolute atomic E-state index is 2.43. The monoisotopic (exact) mass is 322 g/mol. The molecule has 0 saturated carbocycles. The lowest BCUT2D eigenvalue weighted by Gasteiger charge is -2.35. The molecule has 0 aromatic heterocycles. The summed E-state index contributed by atoms with van der Waals surface area (Å²) in [4.78, 5) is 0. The second kappa shape index (κ2) is 5.20. The smallest absolute Gasteiger partial charge is 0.0190 e. The van der Waals surface area contributed by atoms with Crippen molar-refractivity contribution in [1.29, 1.82) is 0 Å². The van der Waals surface area contributed by atoms with Crippen LogP contribution in [0.2, 0.25) is 0 Å². The van der Waals surface area contributed by atoms with E-state index in [1.54, 1.807) is 0 Å². The van der Waals surface area contributed by atoms with Crippen molar-refractivity contribution in [3.63, 3.8) is 0 Å². The van der Waals surface area contributed by atoms with Crippen LogP contribution in [0.15, 0.2) is 84.5 Å². The van der Waals surface area contributed by atoms with Gasteiger partial charge in [0.15, 0.2) is 0 Å². The van der Waals surface area contributed by atoms with E-state index in [1.165, 1.54) is 38.6 Å². The van der Waals surface area contributed by atoms with Crippen LogP contribution in [0.5, 0.6) is 0 Å². The van der Waals surface area contributed by atoms with Crippen LogP contribution in [-0.2, 0) is 0 Å². The highest BCUT2D eigenvalue weighted by Crippen LogP contribution is 2.56. The Hall–Kier alpha value is -2.60. The van der Waals surface area contributed by atoms with Crippen LogP contribution >= 0.6 is 0 Å². The van der Waals surface area contributed by atoms with Gasteiger partial charge in [0.05, 0.1) is 0 Å². The summed E-state index contributed by atoms with van der Waals surface area (Å²) < 4.78 is 0. The second-order valence-electron chi connectivity index (χ2n) is 7.85. The Morgan fingerprint density at radius 3 is 2.28 bits per heavy atom. The van der Waals surface area contributed by atoms with Gasteiger partial charge in [0.2, 0.25) is 0 Å². The maximum Gasteiger partial charge on any atom is 0.0190 e. The number of rotatable bonds is 2. The summed E-state index contributed by atoms with van der Waals surface area (Å²) in [6, 6.07) is 22.5. The van der Waals surface area contributed by atoms with Crippen LogP contribution in [0.1, 0.15) is 37.3 Å². The van der Waals surface area contributed by atoms with Crippen molar-refractivity contribution in [3.8, 4) is 11.1 Å². The van der Waals surface area contributed by atoms with E-state index >= 15 is 0 Å². The first-order valence-electron chi connectivity index (χ1n) is 9.14. The van der Waals surface area contributed by atoms with Crippen LogP contribution in [0.25, 0.3) is 21.9 Å². The van der Waals surface area contributed by atoms with Gasteiger partial charge >= 0.3 is 0 Å². The largest absolute Gasteiger partial charge is 0.0804 e. The molecule has 0 fully saturated rings. The summed E-state index contributed by atoms with van der Waals surface area (Å²) in [5, 5.41) is 2.67. The van der Waals surface area contributed by atoms with Gasteiger partial charge in [0.25, 0.3) is 0 Å². The predicted molar refractivity (Wildman–Crippen MR) is 107 cm³/mol. The van der Waals surface area contributed by atoms with E-state index in [1.807, 2.05) is 0 Å². The molecule has 5 rings (SSSR count). The van der Waals surface area contributed by atoms with E-state index < -0.39 is 0 Å². The molecule has 0 heterocycles. The van der Waals surface area contributed by atoms with E-state index in [-0.39, 0.29) is 5.41 Å². The molecule has 3 aromatic rings. The first kappa shape index (κ1) is 14.7. The van der Waals surface area contributed by atoms with Crippen LogP contribution < -0.4 is 0 Å². The molecule has 25 heavy (non-hydrogen) atoms. The van der Waals surface area contributed by atoms with E-state index in [4.69, 9.17) is 0 Å². The molecule has 0 radical (unpaired) electrons. The van der Waals surface area contributed by atoms with E-state index in [9.17, 15) is 0 Å². The van der Waals surface area contributed by atoms with Crippen LogP contribution in [-0.4, -0.2) is 0 Å². The number of fused-ring (bicyclic) bond motifs is 4. The molecule has 0 saturated heterocycles. The Labute approximate surface area is 149 Å². The topological polar surface area (TPSA) is 0 Å². The summed E-state index contributed by atoms with van der Waals surface area (Å²) >= 11 is 0. The molecule has 0 bridgehead atoms.